The predicted molar refractivity (Wildman–Crippen MR) is 83.0 cm³/mol. The molecule has 0 aromatic carbocycles. The monoisotopic (exact) mass is 314 g/mol. The molecule has 110 valence electrons. The van der Waals surface area contributed by atoms with Crippen molar-refractivity contribution in [1.82, 2.24) is 20.0 Å². The van der Waals surface area contributed by atoms with E-state index in [1.54, 1.807) is 11.3 Å². The van der Waals surface area contributed by atoms with Crippen LogP contribution in [0.5, 0.6) is 0 Å². The number of halogens is 1. The number of rotatable bonds is 3. The summed E-state index contributed by atoms with van der Waals surface area (Å²) in [4.78, 5) is 17.6. The van der Waals surface area contributed by atoms with E-state index in [4.69, 9.17) is 0 Å². The van der Waals surface area contributed by atoms with Gasteiger partial charge in [0.05, 0.1) is 5.69 Å². The van der Waals surface area contributed by atoms with Gasteiger partial charge in [-0.05, 0) is 26.3 Å². The van der Waals surface area contributed by atoms with Crippen LogP contribution in [0.2, 0.25) is 0 Å². The molecule has 0 radical (unpaired) electrons. The highest BCUT2D eigenvalue weighted by Crippen LogP contribution is 2.16. The van der Waals surface area contributed by atoms with Crippen LogP contribution in [0, 0.1) is 6.92 Å². The van der Waals surface area contributed by atoms with Crippen LogP contribution in [0.3, 0.4) is 0 Å². The van der Waals surface area contributed by atoms with Crippen molar-refractivity contribution in [3.8, 4) is 0 Å². The van der Waals surface area contributed by atoms with Crippen LogP contribution in [0.1, 0.15) is 35.4 Å². The van der Waals surface area contributed by atoms with E-state index in [2.05, 4.69) is 15.6 Å². The van der Waals surface area contributed by atoms with Crippen molar-refractivity contribution >= 4 is 34.6 Å². The maximum absolute atomic E-state index is 12.3. The van der Waals surface area contributed by atoms with Gasteiger partial charge in [0.2, 0.25) is 0 Å². The van der Waals surface area contributed by atoms with E-state index < -0.39 is 0 Å². The van der Waals surface area contributed by atoms with Gasteiger partial charge in [0.15, 0.2) is 4.96 Å². The molecule has 0 spiro atoms. The number of nitrogens with one attached hydrogen (secondary N) is 2. The Morgan fingerprint density at radius 3 is 3.20 bits per heavy atom. The van der Waals surface area contributed by atoms with Crippen molar-refractivity contribution in [1.29, 1.82) is 0 Å². The maximum Gasteiger partial charge on any atom is 0.270 e. The molecule has 0 unspecified atom stereocenters. The molecule has 1 aliphatic rings. The molecule has 0 saturated carbocycles. The summed E-state index contributed by atoms with van der Waals surface area (Å²) in [5.74, 6) is -0.0317. The zero-order chi connectivity index (χ0) is 13.2. The maximum atomic E-state index is 12.3. The van der Waals surface area contributed by atoms with Crippen LogP contribution in [0.15, 0.2) is 11.6 Å². The number of aromatic nitrogens is 2. The first kappa shape index (κ1) is 15.3. The fraction of sp³-hybridized carbons (Fsp3) is 0.538. The molecule has 1 amide bonds. The third-order valence-corrected chi connectivity index (χ3v) is 4.33. The van der Waals surface area contributed by atoms with Crippen LogP contribution < -0.4 is 10.6 Å². The summed E-state index contributed by atoms with van der Waals surface area (Å²) in [6.45, 7) is 3.63. The highest BCUT2D eigenvalue weighted by atomic mass is 35.5. The Balaban J connectivity index is 0.00000147. The van der Waals surface area contributed by atoms with Crippen molar-refractivity contribution in [2.75, 3.05) is 13.1 Å². The highest BCUT2D eigenvalue weighted by molar-refractivity contribution is 7.15. The van der Waals surface area contributed by atoms with E-state index >= 15 is 0 Å². The summed E-state index contributed by atoms with van der Waals surface area (Å²) < 4.78 is 1.86. The number of carbonyl (C=O) groups excluding carboxylic acids is 1. The smallest absolute Gasteiger partial charge is 0.270 e. The molecular formula is C13H19ClN4OS. The Bertz CT molecular complexity index is 588. The Labute approximate surface area is 128 Å². The first-order valence-electron chi connectivity index (χ1n) is 6.69. The largest absolute Gasteiger partial charge is 0.349 e. The molecule has 3 rings (SSSR count). The second-order valence-corrected chi connectivity index (χ2v) is 5.83. The van der Waals surface area contributed by atoms with E-state index in [1.165, 1.54) is 12.8 Å². The fourth-order valence-electron chi connectivity index (χ4n) is 2.57. The predicted octanol–water partition coefficient (Wildman–Crippen LogP) is 2.00. The van der Waals surface area contributed by atoms with Crippen LogP contribution >= 0.6 is 23.7 Å². The molecule has 1 saturated heterocycles. The first-order chi connectivity index (χ1) is 9.25. The van der Waals surface area contributed by atoms with Crippen molar-refractivity contribution < 1.29 is 4.79 Å². The average Bonchev–Trinajstić information content (AvgIpc) is 2.97. The molecule has 0 bridgehead atoms. The summed E-state index contributed by atoms with van der Waals surface area (Å²) in [5, 5.41) is 8.40. The van der Waals surface area contributed by atoms with E-state index in [0.717, 1.165) is 23.6 Å². The minimum Gasteiger partial charge on any atom is -0.349 e. The third kappa shape index (κ3) is 2.97. The number of carbonyl (C=O) groups is 1. The number of hydrogen-bond acceptors (Lipinski definition) is 4. The number of aryl methyl sites for hydroxylation is 1. The van der Waals surface area contributed by atoms with Gasteiger partial charge in [0, 0.05) is 24.2 Å². The molecule has 0 aliphatic carbocycles. The van der Waals surface area contributed by atoms with Crippen molar-refractivity contribution in [3.63, 3.8) is 0 Å². The molecule has 2 aromatic heterocycles. The Hall–Kier alpha value is -1.11. The van der Waals surface area contributed by atoms with Gasteiger partial charge in [-0.2, -0.15) is 0 Å². The molecule has 2 N–H and O–H groups in total. The zero-order valence-electron chi connectivity index (χ0n) is 11.4. The van der Waals surface area contributed by atoms with Gasteiger partial charge in [0.1, 0.15) is 5.69 Å². The van der Waals surface area contributed by atoms with Gasteiger partial charge in [-0.1, -0.05) is 6.42 Å². The quantitative estimate of drug-likeness (QED) is 0.911. The van der Waals surface area contributed by atoms with E-state index in [-0.39, 0.29) is 18.3 Å². The first-order valence-corrected chi connectivity index (χ1v) is 7.57. The molecule has 3 heterocycles. The van der Waals surface area contributed by atoms with Crippen molar-refractivity contribution in [2.24, 2.45) is 0 Å². The van der Waals surface area contributed by atoms with Crippen molar-refractivity contribution in [3.05, 3.63) is 23.0 Å². The second-order valence-electron chi connectivity index (χ2n) is 4.96. The lowest BCUT2D eigenvalue weighted by molar-refractivity contribution is 0.0941. The topological polar surface area (TPSA) is 58.4 Å². The number of hydrogen-bond donors (Lipinski definition) is 2. The van der Waals surface area contributed by atoms with Gasteiger partial charge >= 0.3 is 0 Å². The van der Waals surface area contributed by atoms with Crippen LogP contribution in [0.25, 0.3) is 4.96 Å². The summed E-state index contributed by atoms with van der Waals surface area (Å²) >= 11 is 1.55. The normalized spacial score (nSPS) is 18.8. The summed E-state index contributed by atoms with van der Waals surface area (Å²) in [6, 6.07) is 0.406. The summed E-state index contributed by atoms with van der Waals surface area (Å²) in [6.07, 6.45) is 5.52. The van der Waals surface area contributed by atoms with E-state index in [0.29, 0.717) is 18.3 Å². The second kappa shape index (κ2) is 6.56. The van der Waals surface area contributed by atoms with Gasteiger partial charge < -0.3 is 10.6 Å². The Morgan fingerprint density at radius 2 is 2.45 bits per heavy atom. The minimum absolute atomic E-state index is 0. The Kier molecular flexibility index (Phi) is 5.01. The average molecular weight is 315 g/mol. The molecule has 5 nitrogen and oxygen atoms in total. The SMILES string of the molecule is Cc1nc2sccn2c1C(=O)NC[C@@H]1CCCCN1.Cl. The van der Waals surface area contributed by atoms with Gasteiger partial charge in [-0.25, -0.2) is 4.98 Å². The molecule has 20 heavy (non-hydrogen) atoms. The molecule has 2 aromatic rings. The van der Waals surface area contributed by atoms with Crippen LogP contribution in [0.4, 0.5) is 0 Å². The fourth-order valence-corrected chi connectivity index (χ4v) is 3.32. The minimum atomic E-state index is -0.0317. The number of imidazole rings is 1. The third-order valence-electron chi connectivity index (χ3n) is 3.57. The number of fused-ring (bicyclic) bond motifs is 1. The number of amides is 1. The highest BCUT2D eigenvalue weighted by Gasteiger charge is 2.19. The number of thiazole rings is 1. The summed E-state index contributed by atoms with van der Waals surface area (Å²) in [5.41, 5.74) is 1.45. The molecule has 1 atom stereocenters. The molecule has 7 heteroatoms. The van der Waals surface area contributed by atoms with E-state index in [9.17, 15) is 4.79 Å². The molecule has 1 aliphatic heterocycles. The van der Waals surface area contributed by atoms with Crippen LogP contribution in [-0.2, 0) is 0 Å². The number of nitrogens with zero attached hydrogens (tertiary/aromatic N) is 2. The lowest BCUT2D eigenvalue weighted by Crippen LogP contribution is -2.43. The van der Waals surface area contributed by atoms with Crippen molar-refractivity contribution in [2.45, 2.75) is 32.2 Å². The molecular weight excluding hydrogens is 296 g/mol. The lowest BCUT2D eigenvalue weighted by Gasteiger charge is -2.23. The lowest BCUT2D eigenvalue weighted by atomic mass is 10.1. The van der Waals surface area contributed by atoms with Gasteiger partial charge in [-0.3, -0.25) is 9.20 Å². The number of piperidine rings is 1. The van der Waals surface area contributed by atoms with Crippen LogP contribution in [-0.4, -0.2) is 34.4 Å². The standard InChI is InChI=1S/C13H18N4OS.ClH/c1-9-11(17-6-7-19-13(17)16-9)12(18)15-8-10-4-2-3-5-14-10;/h6-7,10,14H,2-5,8H2,1H3,(H,15,18);1H/t10-;/m0./s1. The van der Waals surface area contributed by atoms with Gasteiger partial charge in [-0.15, -0.1) is 23.7 Å². The van der Waals surface area contributed by atoms with Gasteiger partial charge in [0.25, 0.3) is 5.91 Å². The Morgan fingerprint density at radius 1 is 1.60 bits per heavy atom. The zero-order valence-corrected chi connectivity index (χ0v) is 13.0. The summed E-state index contributed by atoms with van der Waals surface area (Å²) in [7, 11) is 0. The molecule has 1 fully saturated rings. The van der Waals surface area contributed by atoms with E-state index in [1.807, 2.05) is 22.9 Å².